The van der Waals surface area contributed by atoms with Gasteiger partial charge in [-0.15, -0.1) is 0 Å². The molecule has 0 aliphatic heterocycles. The van der Waals surface area contributed by atoms with Crippen molar-refractivity contribution in [3.63, 3.8) is 0 Å². The smallest absolute Gasteiger partial charge is 0.253 e. The van der Waals surface area contributed by atoms with E-state index < -0.39 is 12.1 Å². The third-order valence-corrected chi connectivity index (χ3v) is 1.75. The minimum absolute atomic E-state index is 0.382. The lowest BCUT2D eigenvalue weighted by molar-refractivity contribution is -0.535. The van der Waals surface area contributed by atoms with Gasteiger partial charge in [-0.2, -0.15) is 4.89 Å². The van der Waals surface area contributed by atoms with Crippen LogP contribution in [0.25, 0.3) is 0 Å². The highest BCUT2D eigenvalue weighted by molar-refractivity contribution is 4.66. The molecule has 2 atom stereocenters. The Morgan fingerprint density at radius 2 is 2.00 bits per heavy atom. The van der Waals surface area contributed by atoms with Crippen molar-refractivity contribution in [3.05, 3.63) is 0 Å². The molecule has 0 aromatic carbocycles. The van der Waals surface area contributed by atoms with Gasteiger partial charge in [0.05, 0.1) is 6.61 Å². The Labute approximate surface area is 89.2 Å². The fourth-order valence-electron chi connectivity index (χ4n) is 1.08. The van der Waals surface area contributed by atoms with Gasteiger partial charge in [0, 0.05) is 13.7 Å². The molecular weight excluding hydrogens is 207 g/mol. The molecule has 2 unspecified atom stereocenters. The maximum Gasteiger partial charge on any atom is 0.253 e. The fourth-order valence-corrected chi connectivity index (χ4v) is 1.08. The van der Waals surface area contributed by atoms with Crippen LogP contribution in [-0.4, -0.2) is 32.4 Å². The molecule has 6 heteroatoms. The Balaban J connectivity index is 4.40. The third-order valence-electron chi connectivity index (χ3n) is 1.75. The first kappa shape index (κ1) is 14.7. The highest BCUT2D eigenvalue weighted by atomic mass is 19.3. The van der Waals surface area contributed by atoms with Crippen LogP contribution in [0.4, 0.5) is 4.53 Å². The Hall–Kier alpha value is -0.270. The second-order valence-electron chi connectivity index (χ2n) is 3.03. The first-order valence-corrected chi connectivity index (χ1v) is 4.89. The van der Waals surface area contributed by atoms with Crippen LogP contribution in [-0.2, 0) is 24.2 Å². The SMILES string of the molecule is CCCOC(C)(OOF)C(OC)OCC. The van der Waals surface area contributed by atoms with E-state index in [-0.39, 0.29) is 0 Å². The van der Waals surface area contributed by atoms with Gasteiger partial charge in [-0.1, -0.05) is 6.92 Å². The Kier molecular flexibility index (Phi) is 7.81. The average molecular weight is 226 g/mol. The quantitative estimate of drug-likeness (QED) is 0.342. The van der Waals surface area contributed by atoms with Crippen molar-refractivity contribution in [2.24, 2.45) is 0 Å². The van der Waals surface area contributed by atoms with Gasteiger partial charge in [-0.25, -0.2) is 0 Å². The summed E-state index contributed by atoms with van der Waals surface area (Å²) in [5, 5.41) is 3.15. The minimum Gasteiger partial charge on any atom is -0.351 e. The number of ether oxygens (including phenoxy) is 3. The topological polar surface area (TPSA) is 46.2 Å². The van der Waals surface area contributed by atoms with E-state index >= 15 is 0 Å². The molecule has 0 saturated carbocycles. The minimum atomic E-state index is -1.42. The van der Waals surface area contributed by atoms with Crippen molar-refractivity contribution in [2.45, 2.75) is 39.3 Å². The predicted octanol–water partition coefficient (Wildman–Crippen LogP) is 1.97. The van der Waals surface area contributed by atoms with Gasteiger partial charge in [-0.05, 0) is 29.9 Å². The second-order valence-corrected chi connectivity index (χ2v) is 3.03. The monoisotopic (exact) mass is 226 g/mol. The molecule has 0 rings (SSSR count). The van der Waals surface area contributed by atoms with Crippen molar-refractivity contribution in [1.82, 2.24) is 0 Å². The highest BCUT2D eigenvalue weighted by Gasteiger charge is 2.40. The molecule has 5 nitrogen and oxygen atoms in total. The number of hydrogen-bond acceptors (Lipinski definition) is 5. The normalized spacial score (nSPS) is 17.4. The van der Waals surface area contributed by atoms with Crippen molar-refractivity contribution in [2.75, 3.05) is 20.3 Å². The zero-order valence-corrected chi connectivity index (χ0v) is 9.62. The van der Waals surface area contributed by atoms with Crippen LogP contribution >= 0.6 is 0 Å². The van der Waals surface area contributed by atoms with Gasteiger partial charge >= 0.3 is 0 Å². The first-order valence-electron chi connectivity index (χ1n) is 4.89. The molecule has 0 aliphatic rings. The van der Waals surface area contributed by atoms with E-state index in [1.807, 2.05) is 6.92 Å². The molecule has 0 amide bonds. The van der Waals surface area contributed by atoms with Crippen LogP contribution in [0, 0.1) is 0 Å². The van der Waals surface area contributed by atoms with Crippen molar-refractivity contribution < 1.29 is 28.7 Å². The molecule has 0 N–H and O–H groups in total. The number of halogens is 1. The van der Waals surface area contributed by atoms with E-state index in [1.54, 1.807) is 6.92 Å². The molecule has 0 spiro atoms. The molecule has 0 fully saturated rings. The zero-order valence-electron chi connectivity index (χ0n) is 9.62. The molecular formula is C9H19FO5. The van der Waals surface area contributed by atoms with Gasteiger partial charge in [-0.3, -0.25) is 0 Å². The van der Waals surface area contributed by atoms with E-state index in [0.717, 1.165) is 6.42 Å². The van der Waals surface area contributed by atoms with E-state index in [1.165, 1.54) is 14.0 Å². The molecule has 0 saturated heterocycles. The molecule has 15 heavy (non-hydrogen) atoms. The van der Waals surface area contributed by atoms with Gasteiger partial charge < -0.3 is 14.2 Å². The average Bonchev–Trinajstić information content (AvgIpc) is 2.23. The summed E-state index contributed by atoms with van der Waals surface area (Å²) in [6.07, 6.45) is -0.0989. The Morgan fingerprint density at radius 3 is 2.40 bits per heavy atom. The summed E-state index contributed by atoms with van der Waals surface area (Å²) in [7, 11) is 1.41. The van der Waals surface area contributed by atoms with Crippen molar-refractivity contribution >= 4 is 0 Å². The predicted molar refractivity (Wildman–Crippen MR) is 50.3 cm³/mol. The number of rotatable bonds is 9. The van der Waals surface area contributed by atoms with Crippen LogP contribution < -0.4 is 0 Å². The molecule has 0 aliphatic carbocycles. The maximum atomic E-state index is 11.7. The van der Waals surface area contributed by atoms with Crippen molar-refractivity contribution in [1.29, 1.82) is 0 Å². The second kappa shape index (κ2) is 7.95. The van der Waals surface area contributed by atoms with Crippen LogP contribution in [0.1, 0.15) is 27.2 Å². The first-order chi connectivity index (χ1) is 7.14. The summed E-state index contributed by atoms with van der Waals surface area (Å²) in [5.74, 6) is -1.42. The molecule has 0 aromatic heterocycles. The van der Waals surface area contributed by atoms with E-state index in [2.05, 4.69) is 9.98 Å². The van der Waals surface area contributed by atoms with Crippen molar-refractivity contribution in [3.8, 4) is 0 Å². The summed E-state index contributed by atoms with van der Waals surface area (Å²) in [6, 6.07) is 0. The lowest BCUT2D eigenvalue weighted by atomic mass is 10.3. The summed E-state index contributed by atoms with van der Waals surface area (Å²) >= 11 is 0. The largest absolute Gasteiger partial charge is 0.351 e. The summed E-state index contributed by atoms with van der Waals surface area (Å²) < 4.78 is 27.2. The number of hydrogen-bond donors (Lipinski definition) is 0. The molecule has 0 radical (unpaired) electrons. The van der Waals surface area contributed by atoms with Crippen LogP contribution in [0.15, 0.2) is 0 Å². The lowest BCUT2D eigenvalue weighted by Crippen LogP contribution is -2.47. The summed E-state index contributed by atoms with van der Waals surface area (Å²) in [5.41, 5.74) is 0. The number of methoxy groups -OCH3 is 1. The molecule has 92 valence electrons. The van der Waals surface area contributed by atoms with Crippen LogP contribution in [0.3, 0.4) is 0 Å². The van der Waals surface area contributed by atoms with E-state index in [9.17, 15) is 4.53 Å². The molecule has 0 aromatic rings. The summed E-state index contributed by atoms with van der Waals surface area (Å²) in [6.45, 7) is 5.94. The van der Waals surface area contributed by atoms with E-state index in [4.69, 9.17) is 14.2 Å². The summed E-state index contributed by atoms with van der Waals surface area (Å²) in [4.78, 5) is 4.40. The van der Waals surface area contributed by atoms with E-state index in [0.29, 0.717) is 13.2 Å². The Morgan fingerprint density at radius 1 is 1.33 bits per heavy atom. The highest BCUT2D eigenvalue weighted by Crippen LogP contribution is 2.22. The Bertz CT molecular complexity index is 157. The fraction of sp³-hybridized carbons (Fsp3) is 1.00. The lowest BCUT2D eigenvalue weighted by Gasteiger charge is -2.32. The van der Waals surface area contributed by atoms with Gasteiger partial charge in [0.1, 0.15) is 0 Å². The maximum absolute atomic E-state index is 11.7. The third kappa shape index (κ3) is 4.85. The molecule has 0 heterocycles. The van der Waals surface area contributed by atoms with Crippen LogP contribution in [0.2, 0.25) is 0 Å². The van der Waals surface area contributed by atoms with Gasteiger partial charge in [0.2, 0.25) is 6.29 Å². The van der Waals surface area contributed by atoms with Gasteiger partial charge in [0.25, 0.3) is 5.79 Å². The van der Waals surface area contributed by atoms with Gasteiger partial charge in [0.15, 0.2) is 0 Å². The standard InChI is InChI=1S/C9H19FO5/c1-5-7-13-9(3,14-15-10)8(11-4)12-6-2/h8H,5-7H2,1-4H3. The zero-order chi connectivity index (χ0) is 11.7. The van der Waals surface area contributed by atoms with Crippen LogP contribution in [0.5, 0.6) is 0 Å². The molecule has 0 bridgehead atoms.